The molecule has 0 aliphatic carbocycles. The van der Waals surface area contributed by atoms with Gasteiger partial charge in [0.25, 0.3) is 0 Å². The average Bonchev–Trinajstić information content (AvgIpc) is 2.66. The second kappa shape index (κ2) is 8.66. The van der Waals surface area contributed by atoms with E-state index in [0.717, 1.165) is 22.3 Å². The van der Waals surface area contributed by atoms with Crippen molar-refractivity contribution in [3.8, 4) is 23.0 Å². The number of allylic oxidation sites excluding steroid dienone is 4. The van der Waals surface area contributed by atoms with Crippen LogP contribution in [0.25, 0.3) is 0 Å². The molecule has 0 fully saturated rings. The SMILES string of the molecule is CC(C)=CCc1cc([C@@H]2CC(=O)c3c(cc(O)c(CC=C(C)C)c3O)O2)ccc1O. The predicted octanol–water partition coefficient (Wildman–Crippen LogP) is 5.53. The largest absolute Gasteiger partial charge is 0.508 e. The number of ketones is 1. The number of carbonyl (C=O) groups excluding carboxylic acids is 1. The van der Waals surface area contributed by atoms with Crippen LogP contribution < -0.4 is 4.74 Å². The van der Waals surface area contributed by atoms with Crippen LogP contribution in [0.5, 0.6) is 23.0 Å². The standard InChI is InChI=1S/C25H28O5/c1-14(2)5-7-16-11-17(8-10-19(16)26)22-13-21(28)24-23(30-22)12-20(27)18(25(24)29)9-6-15(3)4/h5-6,8,10-12,22,26-27,29H,7,9,13H2,1-4H3/t22-/m0/s1. The van der Waals surface area contributed by atoms with Gasteiger partial charge in [0, 0.05) is 11.6 Å². The van der Waals surface area contributed by atoms with E-state index >= 15 is 0 Å². The summed E-state index contributed by atoms with van der Waals surface area (Å²) in [4.78, 5) is 12.9. The summed E-state index contributed by atoms with van der Waals surface area (Å²) >= 11 is 0. The molecule has 0 amide bonds. The van der Waals surface area contributed by atoms with Gasteiger partial charge in [0.15, 0.2) is 5.78 Å². The van der Waals surface area contributed by atoms with E-state index in [1.54, 1.807) is 12.1 Å². The van der Waals surface area contributed by atoms with Gasteiger partial charge in [-0.25, -0.2) is 0 Å². The maximum Gasteiger partial charge on any atom is 0.174 e. The van der Waals surface area contributed by atoms with Gasteiger partial charge in [0.1, 0.15) is 34.7 Å². The van der Waals surface area contributed by atoms with Gasteiger partial charge in [-0.2, -0.15) is 0 Å². The fourth-order valence-electron chi connectivity index (χ4n) is 3.48. The molecule has 0 saturated carbocycles. The maximum atomic E-state index is 12.9. The normalized spacial score (nSPS) is 15.2. The number of phenolic OH excluding ortho intramolecular Hbond substituents is 3. The van der Waals surface area contributed by atoms with Crippen molar-refractivity contribution in [1.82, 2.24) is 0 Å². The molecule has 3 N–H and O–H groups in total. The van der Waals surface area contributed by atoms with Crippen molar-refractivity contribution in [3.63, 3.8) is 0 Å². The molecule has 2 aromatic rings. The van der Waals surface area contributed by atoms with E-state index < -0.39 is 6.10 Å². The quantitative estimate of drug-likeness (QED) is 0.567. The molecule has 2 aromatic carbocycles. The number of ether oxygens (including phenoxy) is 1. The molecular formula is C25H28O5. The minimum absolute atomic E-state index is 0.0697. The average molecular weight is 408 g/mol. The molecule has 0 spiro atoms. The highest BCUT2D eigenvalue weighted by Gasteiger charge is 2.32. The van der Waals surface area contributed by atoms with Crippen LogP contribution in [0.4, 0.5) is 0 Å². The molecule has 0 aromatic heterocycles. The second-order valence-corrected chi connectivity index (χ2v) is 8.19. The second-order valence-electron chi connectivity index (χ2n) is 8.19. The predicted molar refractivity (Wildman–Crippen MR) is 116 cm³/mol. The van der Waals surface area contributed by atoms with Crippen LogP contribution in [-0.4, -0.2) is 21.1 Å². The number of Topliss-reactive ketones (excluding diaryl/α,β-unsaturated/α-hetero) is 1. The van der Waals surface area contributed by atoms with E-state index in [0.29, 0.717) is 18.4 Å². The first kappa shape index (κ1) is 21.5. The number of phenols is 3. The number of fused-ring (bicyclic) bond motifs is 1. The Kier molecular flexibility index (Phi) is 6.20. The molecule has 1 aliphatic rings. The number of rotatable bonds is 5. The smallest absolute Gasteiger partial charge is 0.174 e. The lowest BCUT2D eigenvalue weighted by Crippen LogP contribution is -2.21. The van der Waals surface area contributed by atoms with E-state index in [9.17, 15) is 20.1 Å². The number of hydrogen-bond donors (Lipinski definition) is 3. The van der Waals surface area contributed by atoms with E-state index in [1.165, 1.54) is 6.07 Å². The number of hydrogen-bond acceptors (Lipinski definition) is 5. The van der Waals surface area contributed by atoms with Gasteiger partial charge in [0.05, 0.1) is 6.42 Å². The Hall–Kier alpha value is -3.21. The molecule has 5 heteroatoms. The lowest BCUT2D eigenvalue weighted by atomic mass is 9.92. The van der Waals surface area contributed by atoms with Crippen LogP contribution in [0.3, 0.4) is 0 Å². The summed E-state index contributed by atoms with van der Waals surface area (Å²) in [5, 5.41) is 31.2. The Morgan fingerprint density at radius 1 is 1.00 bits per heavy atom. The Morgan fingerprint density at radius 2 is 1.67 bits per heavy atom. The lowest BCUT2D eigenvalue weighted by molar-refractivity contribution is 0.0844. The lowest BCUT2D eigenvalue weighted by Gasteiger charge is -2.27. The van der Waals surface area contributed by atoms with Crippen molar-refractivity contribution in [2.75, 3.05) is 0 Å². The maximum absolute atomic E-state index is 12.9. The minimum atomic E-state index is -0.557. The van der Waals surface area contributed by atoms with Gasteiger partial charge in [0.2, 0.25) is 0 Å². The third-order valence-electron chi connectivity index (χ3n) is 5.18. The first-order chi connectivity index (χ1) is 14.2. The van der Waals surface area contributed by atoms with Crippen molar-refractivity contribution >= 4 is 5.78 Å². The van der Waals surface area contributed by atoms with E-state index in [2.05, 4.69) is 0 Å². The van der Waals surface area contributed by atoms with Gasteiger partial charge >= 0.3 is 0 Å². The highest BCUT2D eigenvalue weighted by atomic mass is 16.5. The van der Waals surface area contributed by atoms with Crippen LogP contribution in [0.2, 0.25) is 0 Å². The Morgan fingerprint density at radius 3 is 2.33 bits per heavy atom. The third-order valence-corrected chi connectivity index (χ3v) is 5.18. The first-order valence-corrected chi connectivity index (χ1v) is 10.0. The molecule has 3 rings (SSSR count). The Balaban J connectivity index is 1.95. The van der Waals surface area contributed by atoms with Crippen LogP contribution >= 0.6 is 0 Å². The van der Waals surface area contributed by atoms with E-state index in [-0.39, 0.29) is 40.8 Å². The van der Waals surface area contributed by atoms with Crippen LogP contribution in [-0.2, 0) is 12.8 Å². The zero-order valence-electron chi connectivity index (χ0n) is 17.8. The van der Waals surface area contributed by atoms with Crippen molar-refractivity contribution in [2.45, 2.75) is 53.1 Å². The van der Waals surface area contributed by atoms with Gasteiger partial charge in [-0.05, 0) is 63.8 Å². The number of aromatic hydroxyl groups is 3. The molecular weight excluding hydrogens is 380 g/mol. The van der Waals surface area contributed by atoms with E-state index in [4.69, 9.17) is 4.74 Å². The van der Waals surface area contributed by atoms with Crippen LogP contribution in [0.1, 0.15) is 67.3 Å². The summed E-state index contributed by atoms with van der Waals surface area (Å²) in [5.41, 5.74) is 4.14. The van der Waals surface area contributed by atoms with E-state index in [1.807, 2.05) is 45.9 Å². The van der Waals surface area contributed by atoms with Gasteiger partial charge in [-0.3, -0.25) is 4.79 Å². The Labute approximate surface area is 177 Å². The topological polar surface area (TPSA) is 87.0 Å². The summed E-state index contributed by atoms with van der Waals surface area (Å²) in [5.74, 6) is -0.201. The van der Waals surface area contributed by atoms with Crippen LogP contribution in [0.15, 0.2) is 47.6 Å². The molecule has 0 bridgehead atoms. The highest BCUT2D eigenvalue weighted by molar-refractivity contribution is 6.03. The third kappa shape index (κ3) is 4.51. The summed E-state index contributed by atoms with van der Waals surface area (Å²) < 4.78 is 6.00. The fraction of sp³-hybridized carbons (Fsp3) is 0.320. The summed E-state index contributed by atoms with van der Waals surface area (Å²) in [7, 11) is 0. The molecule has 5 nitrogen and oxygen atoms in total. The minimum Gasteiger partial charge on any atom is -0.508 e. The Bertz CT molecular complexity index is 1040. The number of benzene rings is 2. The molecule has 30 heavy (non-hydrogen) atoms. The highest BCUT2D eigenvalue weighted by Crippen LogP contribution is 2.45. The molecule has 158 valence electrons. The van der Waals surface area contributed by atoms with Crippen LogP contribution in [0, 0.1) is 0 Å². The van der Waals surface area contributed by atoms with Gasteiger partial charge in [-0.1, -0.05) is 29.4 Å². The molecule has 1 heterocycles. The first-order valence-electron chi connectivity index (χ1n) is 10.0. The summed E-state index contributed by atoms with van der Waals surface area (Å²) in [6.07, 6.45) is 4.32. The van der Waals surface area contributed by atoms with Crippen molar-refractivity contribution < 1.29 is 24.9 Å². The number of carbonyl (C=O) groups is 1. The van der Waals surface area contributed by atoms with Gasteiger partial charge < -0.3 is 20.1 Å². The van der Waals surface area contributed by atoms with Crippen molar-refractivity contribution in [1.29, 1.82) is 0 Å². The van der Waals surface area contributed by atoms with Crippen molar-refractivity contribution in [2.24, 2.45) is 0 Å². The molecule has 0 unspecified atom stereocenters. The van der Waals surface area contributed by atoms with Gasteiger partial charge in [-0.15, -0.1) is 0 Å². The molecule has 1 atom stereocenters. The molecule has 0 saturated heterocycles. The zero-order valence-corrected chi connectivity index (χ0v) is 17.8. The summed E-state index contributed by atoms with van der Waals surface area (Å²) in [6.45, 7) is 7.83. The van der Waals surface area contributed by atoms with Crippen molar-refractivity contribution in [3.05, 3.63) is 69.8 Å². The summed E-state index contributed by atoms with van der Waals surface area (Å²) in [6, 6.07) is 6.57. The molecule has 0 radical (unpaired) electrons. The molecule has 1 aliphatic heterocycles. The monoisotopic (exact) mass is 408 g/mol. The fourth-order valence-corrected chi connectivity index (χ4v) is 3.48. The zero-order chi connectivity index (χ0) is 22.0.